The molecule has 1 aromatic heterocycles. The standard InChI is InChI=1S/C11H10FNO/c1-7-9(12)5-3-8-4-6-10(14-2)13-11(7)8/h3-6H,1-2H3. The van der Waals surface area contributed by atoms with Crippen molar-refractivity contribution in [2.24, 2.45) is 0 Å². The number of aromatic nitrogens is 1. The maximum Gasteiger partial charge on any atom is 0.213 e. The SMILES string of the molecule is COc1ccc2ccc(F)c(C)c2n1. The van der Waals surface area contributed by atoms with Gasteiger partial charge in [0.2, 0.25) is 5.88 Å². The minimum Gasteiger partial charge on any atom is -0.481 e. The molecule has 2 aromatic rings. The van der Waals surface area contributed by atoms with Crippen LogP contribution in [0.2, 0.25) is 0 Å². The first-order chi connectivity index (χ1) is 6.72. The third kappa shape index (κ3) is 1.31. The first-order valence-electron chi connectivity index (χ1n) is 4.32. The molecule has 0 saturated carbocycles. The smallest absolute Gasteiger partial charge is 0.213 e. The Kier molecular flexibility index (Phi) is 2.08. The number of aryl methyl sites for hydroxylation is 1. The average Bonchev–Trinajstić information content (AvgIpc) is 2.23. The fourth-order valence-corrected chi connectivity index (χ4v) is 1.40. The molecule has 2 nitrogen and oxygen atoms in total. The molecular formula is C11H10FNO. The summed E-state index contributed by atoms with van der Waals surface area (Å²) in [6.45, 7) is 1.71. The van der Waals surface area contributed by atoms with Crippen molar-refractivity contribution in [3.63, 3.8) is 0 Å². The summed E-state index contributed by atoms with van der Waals surface area (Å²) in [6, 6.07) is 6.79. The van der Waals surface area contributed by atoms with E-state index in [-0.39, 0.29) is 5.82 Å². The van der Waals surface area contributed by atoms with Gasteiger partial charge in [0, 0.05) is 17.0 Å². The maximum atomic E-state index is 13.2. The molecule has 0 fully saturated rings. The van der Waals surface area contributed by atoms with E-state index < -0.39 is 0 Å². The molecule has 0 bridgehead atoms. The summed E-state index contributed by atoms with van der Waals surface area (Å²) in [7, 11) is 1.54. The van der Waals surface area contributed by atoms with E-state index in [1.807, 2.05) is 6.07 Å². The summed E-state index contributed by atoms with van der Waals surface area (Å²) in [4.78, 5) is 4.19. The highest BCUT2D eigenvalue weighted by atomic mass is 19.1. The molecule has 0 radical (unpaired) electrons. The van der Waals surface area contributed by atoms with Crippen molar-refractivity contribution in [1.82, 2.24) is 4.98 Å². The van der Waals surface area contributed by atoms with Gasteiger partial charge in [-0.2, -0.15) is 0 Å². The third-order valence-corrected chi connectivity index (χ3v) is 2.23. The Morgan fingerprint density at radius 2 is 1.93 bits per heavy atom. The van der Waals surface area contributed by atoms with Crippen LogP contribution in [0.3, 0.4) is 0 Å². The lowest BCUT2D eigenvalue weighted by atomic mass is 10.1. The number of nitrogens with zero attached hydrogens (tertiary/aromatic N) is 1. The Labute approximate surface area is 81.3 Å². The molecule has 0 aliphatic heterocycles. The molecule has 0 atom stereocenters. The molecule has 3 heteroatoms. The minimum absolute atomic E-state index is 0.238. The van der Waals surface area contributed by atoms with Crippen molar-refractivity contribution in [1.29, 1.82) is 0 Å². The quantitative estimate of drug-likeness (QED) is 0.691. The number of pyridine rings is 1. The van der Waals surface area contributed by atoms with Crippen molar-refractivity contribution in [3.8, 4) is 5.88 Å². The molecule has 14 heavy (non-hydrogen) atoms. The molecule has 0 aliphatic rings. The van der Waals surface area contributed by atoms with Gasteiger partial charge in [-0.25, -0.2) is 9.37 Å². The zero-order valence-corrected chi connectivity index (χ0v) is 8.04. The van der Waals surface area contributed by atoms with E-state index in [4.69, 9.17) is 4.74 Å². The molecule has 0 N–H and O–H groups in total. The van der Waals surface area contributed by atoms with E-state index in [0.29, 0.717) is 17.0 Å². The lowest BCUT2D eigenvalue weighted by Crippen LogP contribution is -1.91. The molecule has 0 aliphatic carbocycles. The number of ether oxygens (including phenoxy) is 1. The second kappa shape index (κ2) is 3.25. The van der Waals surface area contributed by atoms with Crippen LogP contribution in [0.5, 0.6) is 5.88 Å². The van der Waals surface area contributed by atoms with Crippen molar-refractivity contribution >= 4 is 10.9 Å². The van der Waals surface area contributed by atoms with Crippen LogP contribution in [0.1, 0.15) is 5.56 Å². The highest BCUT2D eigenvalue weighted by Crippen LogP contribution is 2.21. The van der Waals surface area contributed by atoms with E-state index in [9.17, 15) is 4.39 Å². The number of fused-ring (bicyclic) bond motifs is 1. The van der Waals surface area contributed by atoms with Gasteiger partial charge in [0.25, 0.3) is 0 Å². The minimum atomic E-state index is -0.238. The Morgan fingerprint density at radius 3 is 2.64 bits per heavy atom. The van der Waals surface area contributed by atoms with Gasteiger partial charge in [0.1, 0.15) is 5.82 Å². The Bertz CT molecular complexity index is 482. The normalized spacial score (nSPS) is 10.5. The highest BCUT2D eigenvalue weighted by Gasteiger charge is 2.05. The van der Waals surface area contributed by atoms with Crippen molar-refractivity contribution < 1.29 is 9.13 Å². The maximum absolute atomic E-state index is 13.2. The van der Waals surface area contributed by atoms with Crippen LogP contribution in [-0.4, -0.2) is 12.1 Å². The molecule has 72 valence electrons. The molecule has 0 saturated heterocycles. The summed E-state index contributed by atoms with van der Waals surface area (Å²) in [6.07, 6.45) is 0. The number of benzene rings is 1. The van der Waals surface area contributed by atoms with Crippen LogP contribution in [0, 0.1) is 12.7 Å². The summed E-state index contributed by atoms with van der Waals surface area (Å²) < 4.78 is 18.2. The third-order valence-electron chi connectivity index (χ3n) is 2.23. The van der Waals surface area contributed by atoms with Crippen LogP contribution in [0.15, 0.2) is 24.3 Å². The zero-order chi connectivity index (χ0) is 10.1. The molecule has 1 heterocycles. The lowest BCUT2D eigenvalue weighted by molar-refractivity contribution is 0.399. The van der Waals surface area contributed by atoms with Gasteiger partial charge >= 0.3 is 0 Å². The molecular weight excluding hydrogens is 181 g/mol. The summed E-state index contributed by atoms with van der Waals surface area (Å²) >= 11 is 0. The number of hydrogen-bond acceptors (Lipinski definition) is 2. The van der Waals surface area contributed by atoms with Crippen LogP contribution in [0.25, 0.3) is 10.9 Å². The van der Waals surface area contributed by atoms with Gasteiger partial charge in [0.05, 0.1) is 12.6 Å². The fourth-order valence-electron chi connectivity index (χ4n) is 1.40. The van der Waals surface area contributed by atoms with Gasteiger partial charge in [-0.05, 0) is 25.1 Å². The highest BCUT2D eigenvalue weighted by molar-refractivity contribution is 5.82. The van der Waals surface area contributed by atoms with E-state index >= 15 is 0 Å². The summed E-state index contributed by atoms with van der Waals surface area (Å²) in [5, 5.41) is 0.921. The van der Waals surface area contributed by atoms with E-state index in [1.54, 1.807) is 26.2 Å². The van der Waals surface area contributed by atoms with Gasteiger partial charge in [-0.3, -0.25) is 0 Å². The van der Waals surface area contributed by atoms with E-state index in [2.05, 4.69) is 4.98 Å². The van der Waals surface area contributed by atoms with Gasteiger partial charge in [-0.1, -0.05) is 0 Å². The second-order valence-electron chi connectivity index (χ2n) is 3.10. The Balaban J connectivity index is 2.78. The molecule has 0 amide bonds. The van der Waals surface area contributed by atoms with E-state index in [0.717, 1.165) is 5.39 Å². The zero-order valence-electron chi connectivity index (χ0n) is 8.04. The van der Waals surface area contributed by atoms with E-state index in [1.165, 1.54) is 6.07 Å². The van der Waals surface area contributed by atoms with Crippen molar-refractivity contribution in [3.05, 3.63) is 35.6 Å². The van der Waals surface area contributed by atoms with Crippen molar-refractivity contribution in [2.75, 3.05) is 7.11 Å². The number of halogens is 1. The topological polar surface area (TPSA) is 22.1 Å². The number of hydrogen-bond donors (Lipinski definition) is 0. The van der Waals surface area contributed by atoms with Crippen molar-refractivity contribution in [2.45, 2.75) is 6.92 Å². The van der Waals surface area contributed by atoms with Crippen LogP contribution in [-0.2, 0) is 0 Å². The monoisotopic (exact) mass is 191 g/mol. The first-order valence-corrected chi connectivity index (χ1v) is 4.32. The molecule has 2 rings (SSSR count). The second-order valence-corrected chi connectivity index (χ2v) is 3.10. The van der Waals surface area contributed by atoms with Crippen LogP contribution in [0.4, 0.5) is 4.39 Å². The largest absolute Gasteiger partial charge is 0.481 e. The first kappa shape index (κ1) is 8.94. The fraction of sp³-hybridized carbons (Fsp3) is 0.182. The van der Waals surface area contributed by atoms with Crippen LogP contribution < -0.4 is 4.74 Å². The van der Waals surface area contributed by atoms with Gasteiger partial charge in [0.15, 0.2) is 0 Å². The number of methoxy groups -OCH3 is 1. The molecule has 0 spiro atoms. The summed E-state index contributed by atoms with van der Waals surface area (Å²) in [5.41, 5.74) is 1.21. The summed E-state index contributed by atoms with van der Waals surface area (Å²) in [5.74, 6) is 0.268. The van der Waals surface area contributed by atoms with Gasteiger partial charge in [-0.15, -0.1) is 0 Å². The molecule has 1 aromatic carbocycles. The Morgan fingerprint density at radius 1 is 1.21 bits per heavy atom. The molecule has 0 unspecified atom stereocenters. The predicted molar refractivity (Wildman–Crippen MR) is 53.0 cm³/mol. The Hall–Kier alpha value is -1.64. The average molecular weight is 191 g/mol. The van der Waals surface area contributed by atoms with Gasteiger partial charge < -0.3 is 4.74 Å². The number of rotatable bonds is 1. The predicted octanol–water partition coefficient (Wildman–Crippen LogP) is 2.69. The van der Waals surface area contributed by atoms with Crippen LogP contribution >= 0.6 is 0 Å². The lowest BCUT2D eigenvalue weighted by Gasteiger charge is -2.04.